The number of nitrogens with two attached hydrogens (primary N) is 1. The topological polar surface area (TPSA) is 106 Å². The number of ether oxygens (including phenoxy) is 2. The van der Waals surface area contributed by atoms with Crippen molar-refractivity contribution in [2.24, 2.45) is 5.73 Å². The van der Waals surface area contributed by atoms with E-state index in [0.29, 0.717) is 41.7 Å². The van der Waals surface area contributed by atoms with Crippen molar-refractivity contribution >= 4 is 40.1 Å². The molecule has 0 spiro atoms. The standard InChI is InChI=1S/C28H30N4O4/c1-4-35-23-15-21-22(16-24(23)36-5-2)31-28(34)26(21)27(18-9-7-6-8-10-18)30-19-11-13-20(14-12-19)32(3)25(33)17-29/h6-16,30H,4-5,17,29H2,1-3H3,(H,31,34)/b27-26-. The van der Waals surface area contributed by atoms with Gasteiger partial charge in [-0.05, 0) is 49.7 Å². The Kier molecular flexibility index (Phi) is 7.56. The highest BCUT2D eigenvalue weighted by Gasteiger charge is 2.30. The lowest BCUT2D eigenvalue weighted by molar-refractivity contribution is -0.117. The van der Waals surface area contributed by atoms with E-state index >= 15 is 0 Å². The molecule has 0 fully saturated rings. The number of carbonyl (C=O) groups excluding carboxylic acids is 2. The molecular weight excluding hydrogens is 456 g/mol. The fraction of sp³-hybridized carbons (Fsp3) is 0.214. The summed E-state index contributed by atoms with van der Waals surface area (Å²) >= 11 is 0. The molecule has 0 saturated heterocycles. The lowest BCUT2D eigenvalue weighted by Crippen LogP contribution is -2.32. The molecule has 8 nitrogen and oxygen atoms in total. The van der Waals surface area contributed by atoms with E-state index in [2.05, 4.69) is 10.6 Å². The van der Waals surface area contributed by atoms with E-state index in [1.807, 2.05) is 74.5 Å². The third-order valence-corrected chi connectivity index (χ3v) is 5.81. The second kappa shape index (κ2) is 11.0. The largest absolute Gasteiger partial charge is 0.490 e. The summed E-state index contributed by atoms with van der Waals surface area (Å²) in [4.78, 5) is 26.7. The van der Waals surface area contributed by atoms with Gasteiger partial charge in [0.1, 0.15) is 0 Å². The lowest BCUT2D eigenvalue weighted by Gasteiger charge is -2.18. The predicted molar refractivity (Wildman–Crippen MR) is 143 cm³/mol. The summed E-state index contributed by atoms with van der Waals surface area (Å²) in [6.07, 6.45) is 0. The van der Waals surface area contributed by atoms with Crippen molar-refractivity contribution < 1.29 is 19.1 Å². The molecule has 4 N–H and O–H groups in total. The first-order valence-corrected chi connectivity index (χ1v) is 11.9. The average molecular weight is 487 g/mol. The van der Waals surface area contributed by atoms with Gasteiger partial charge in [-0.15, -0.1) is 0 Å². The van der Waals surface area contributed by atoms with Gasteiger partial charge < -0.3 is 30.7 Å². The predicted octanol–water partition coefficient (Wildman–Crippen LogP) is 4.34. The zero-order valence-electron chi connectivity index (χ0n) is 20.6. The minimum Gasteiger partial charge on any atom is -0.490 e. The first kappa shape index (κ1) is 24.8. The molecule has 0 radical (unpaired) electrons. The van der Waals surface area contributed by atoms with Gasteiger partial charge in [0.15, 0.2) is 11.5 Å². The molecule has 2 amide bonds. The number of rotatable bonds is 9. The van der Waals surface area contributed by atoms with E-state index < -0.39 is 0 Å². The number of amides is 2. The van der Waals surface area contributed by atoms with Gasteiger partial charge in [-0.25, -0.2) is 0 Å². The van der Waals surface area contributed by atoms with Gasteiger partial charge >= 0.3 is 0 Å². The van der Waals surface area contributed by atoms with Crippen LogP contribution in [0.5, 0.6) is 11.5 Å². The maximum Gasteiger partial charge on any atom is 0.258 e. The van der Waals surface area contributed by atoms with Crippen LogP contribution in [0.4, 0.5) is 17.1 Å². The molecule has 1 heterocycles. The van der Waals surface area contributed by atoms with Crippen LogP contribution >= 0.6 is 0 Å². The first-order valence-electron chi connectivity index (χ1n) is 11.9. The molecule has 1 aliphatic heterocycles. The van der Waals surface area contributed by atoms with Gasteiger partial charge in [0, 0.05) is 30.1 Å². The fourth-order valence-electron chi connectivity index (χ4n) is 4.04. The third kappa shape index (κ3) is 5.04. The van der Waals surface area contributed by atoms with Crippen molar-refractivity contribution in [2.75, 3.05) is 42.3 Å². The van der Waals surface area contributed by atoms with Gasteiger partial charge in [-0.1, -0.05) is 30.3 Å². The number of anilines is 3. The van der Waals surface area contributed by atoms with E-state index in [9.17, 15) is 9.59 Å². The molecule has 1 aliphatic rings. The Morgan fingerprint density at radius 3 is 2.22 bits per heavy atom. The maximum atomic E-state index is 13.3. The minimum atomic E-state index is -0.225. The quantitative estimate of drug-likeness (QED) is 0.389. The Morgan fingerprint density at radius 2 is 1.61 bits per heavy atom. The molecular formula is C28H30N4O4. The first-order chi connectivity index (χ1) is 17.5. The molecule has 0 atom stereocenters. The van der Waals surface area contributed by atoms with E-state index in [-0.39, 0.29) is 18.4 Å². The van der Waals surface area contributed by atoms with Crippen LogP contribution in [0.25, 0.3) is 11.3 Å². The normalized spacial score (nSPS) is 13.5. The van der Waals surface area contributed by atoms with Crippen LogP contribution in [-0.4, -0.2) is 38.6 Å². The number of fused-ring (bicyclic) bond motifs is 1. The van der Waals surface area contributed by atoms with Crippen molar-refractivity contribution in [3.05, 3.63) is 77.9 Å². The Morgan fingerprint density at radius 1 is 0.972 bits per heavy atom. The smallest absolute Gasteiger partial charge is 0.258 e. The van der Waals surface area contributed by atoms with Gasteiger partial charge in [0.2, 0.25) is 5.91 Å². The molecule has 3 aromatic rings. The Labute approximate surface area is 210 Å². The fourth-order valence-corrected chi connectivity index (χ4v) is 4.04. The summed E-state index contributed by atoms with van der Waals surface area (Å²) in [5.74, 6) is 0.757. The SMILES string of the molecule is CCOc1cc2c(cc1OCC)/C(=C(/Nc1ccc(N(C)C(=O)CN)cc1)c1ccccc1)C(=O)N2. The van der Waals surface area contributed by atoms with E-state index in [4.69, 9.17) is 15.2 Å². The van der Waals surface area contributed by atoms with Crippen molar-refractivity contribution in [1.82, 2.24) is 0 Å². The molecule has 4 rings (SSSR count). The van der Waals surface area contributed by atoms with Crippen LogP contribution < -0.4 is 30.7 Å². The number of benzene rings is 3. The van der Waals surface area contributed by atoms with Crippen LogP contribution in [0.3, 0.4) is 0 Å². The molecule has 8 heteroatoms. The molecule has 3 aromatic carbocycles. The number of nitrogens with zero attached hydrogens (tertiary/aromatic N) is 1. The Bertz CT molecular complexity index is 1290. The molecule has 0 bridgehead atoms. The summed E-state index contributed by atoms with van der Waals surface area (Å²) < 4.78 is 11.6. The highest BCUT2D eigenvalue weighted by Crippen LogP contribution is 2.43. The molecule has 0 unspecified atom stereocenters. The molecule has 0 aliphatic carbocycles. The van der Waals surface area contributed by atoms with E-state index in [1.54, 1.807) is 13.1 Å². The van der Waals surface area contributed by atoms with E-state index in [1.165, 1.54) is 4.90 Å². The van der Waals surface area contributed by atoms with Gasteiger partial charge in [-0.2, -0.15) is 0 Å². The Hall–Kier alpha value is -4.30. The van der Waals surface area contributed by atoms with Crippen molar-refractivity contribution in [2.45, 2.75) is 13.8 Å². The molecule has 0 saturated carbocycles. The molecule has 0 aromatic heterocycles. The summed E-state index contributed by atoms with van der Waals surface area (Å²) in [5, 5.41) is 6.39. The lowest BCUT2D eigenvalue weighted by atomic mass is 9.99. The molecule has 186 valence electrons. The summed E-state index contributed by atoms with van der Waals surface area (Å²) in [6.45, 7) is 4.69. The molecule has 36 heavy (non-hydrogen) atoms. The second-order valence-corrected chi connectivity index (χ2v) is 8.11. The van der Waals surface area contributed by atoms with Crippen LogP contribution in [0.15, 0.2) is 66.7 Å². The van der Waals surface area contributed by atoms with Crippen molar-refractivity contribution in [3.8, 4) is 11.5 Å². The minimum absolute atomic E-state index is 0.0655. The second-order valence-electron chi connectivity index (χ2n) is 8.11. The van der Waals surface area contributed by atoms with Gasteiger partial charge in [0.05, 0.1) is 36.7 Å². The van der Waals surface area contributed by atoms with Gasteiger partial charge in [-0.3, -0.25) is 9.59 Å². The van der Waals surface area contributed by atoms with Crippen LogP contribution in [-0.2, 0) is 9.59 Å². The number of likely N-dealkylation sites (N-methyl/N-ethyl adjacent to an activating group) is 1. The van der Waals surface area contributed by atoms with Crippen LogP contribution in [0, 0.1) is 0 Å². The summed E-state index contributed by atoms with van der Waals surface area (Å²) in [7, 11) is 1.68. The van der Waals surface area contributed by atoms with Crippen LogP contribution in [0.2, 0.25) is 0 Å². The zero-order chi connectivity index (χ0) is 25.7. The average Bonchev–Trinajstić information content (AvgIpc) is 3.22. The third-order valence-electron chi connectivity index (χ3n) is 5.81. The highest BCUT2D eigenvalue weighted by atomic mass is 16.5. The van der Waals surface area contributed by atoms with Crippen LogP contribution in [0.1, 0.15) is 25.0 Å². The number of hydrogen-bond acceptors (Lipinski definition) is 6. The number of nitrogens with one attached hydrogen (secondary N) is 2. The van der Waals surface area contributed by atoms with E-state index in [0.717, 1.165) is 22.5 Å². The number of hydrogen-bond donors (Lipinski definition) is 3. The monoisotopic (exact) mass is 486 g/mol. The highest BCUT2D eigenvalue weighted by molar-refractivity contribution is 6.37. The van der Waals surface area contributed by atoms with Crippen molar-refractivity contribution in [3.63, 3.8) is 0 Å². The van der Waals surface area contributed by atoms with Crippen molar-refractivity contribution in [1.29, 1.82) is 0 Å². The maximum absolute atomic E-state index is 13.3. The van der Waals surface area contributed by atoms with Gasteiger partial charge in [0.25, 0.3) is 5.91 Å². The number of carbonyl (C=O) groups is 2. The summed E-state index contributed by atoms with van der Waals surface area (Å²) in [5.41, 5.74) is 10.4. The Balaban J connectivity index is 1.80. The summed E-state index contributed by atoms with van der Waals surface area (Å²) in [6, 6.07) is 20.7. The zero-order valence-corrected chi connectivity index (χ0v) is 20.6.